The number of hydrogen-bond acceptors (Lipinski definition) is 5. The monoisotopic (exact) mass is 677 g/mol. The van der Waals surface area contributed by atoms with Crippen molar-refractivity contribution in [3.8, 4) is 11.5 Å². The van der Waals surface area contributed by atoms with Crippen molar-refractivity contribution >= 4 is 74.2 Å². The summed E-state index contributed by atoms with van der Waals surface area (Å²) in [5, 5.41) is -0.270. The summed E-state index contributed by atoms with van der Waals surface area (Å²) >= 11 is 5.41. The summed E-state index contributed by atoms with van der Waals surface area (Å²) in [6.45, 7) is 9.25. The van der Waals surface area contributed by atoms with Crippen molar-refractivity contribution < 1.29 is 19.1 Å². The van der Waals surface area contributed by atoms with Crippen molar-refractivity contribution in [3.05, 3.63) is 59.1 Å². The van der Waals surface area contributed by atoms with Gasteiger partial charge in [0.1, 0.15) is 18.1 Å². The number of hydrogen-bond donors (Lipinski definition) is 0. The maximum Gasteiger partial charge on any atom is 0.293 e. The van der Waals surface area contributed by atoms with Gasteiger partial charge in [-0.15, -0.1) is 0 Å². The van der Waals surface area contributed by atoms with Crippen LogP contribution in [0.5, 0.6) is 11.5 Å². The fourth-order valence-corrected chi connectivity index (χ4v) is 6.27. The van der Waals surface area contributed by atoms with Gasteiger partial charge in [0.15, 0.2) is 0 Å². The van der Waals surface area contributed by atoms with Gasteiger partial charge in [-0.2, -0.15) is 0 Å². The minimum absolute atomic E-state index is 0.214. The van der Waals surface area contributed by atoms with E-state index in [2.05, 4.69) is 71.2 Å². The Morgan fingerprint density at radius 3 is 2.41 bits per heavy atom. The van der Waals surface area contributed by atoms with Crippen LogP contribution < -0.4 is 9.47 Å². The van der Waals surface area contributed by atoms with Crippen molar-refractivity contribution in [3.63, 3.8) is 0 Å². The smallest absolute Gasteiger partial charge is 0.293 e. The third-order valence-corrected chi connectivity index (χ3v) is 7.35. The van der Waals surface area contributed by atoms with Crippen LogP contribution in [0.1, 0.15) is 43.4 Å². The molecule has 0 aliphatic carbocycles. The van der Waals surface area contributed by atoms with E-state index < -0.39 is 0 Å². The molecule has 32 heavy (non-hydrogen) atoms. The summed E-state index contributed by atoms with van der Waals surface area (Å²) < 4.78 is 13.6. The molecule has 0 spiro atoms. The van der Waals surface area contributed by atoms with E-state index in [4.69, 9.17) is 9.47 Å². The standard InChI is InChI=1S/C24H25I2NO4S/c1-5-30-22-18(25)11-16(12-19(22)26)13-21-23(28)27(24(29)32-21)8-9-31-20-10-15(4)6-7-17(20)14(2)3/h6-7,10-14H,5,8-9H2,1-4H3/b21-13-. The van der Waals surface area contributed by atoms with E-state index in [1.54, 1.807) is 6.08 Å². The molecule has 0 unspecified atom stereocenters. The van der Waals surface area contributed by atoms with E-state index in [1.807, 2.05) is 32.0 Å². The third kappa shape index (κ3) is 5.99. The molecule has 0 aromatic heterocycles. The average Bonchev–Trinajstić information content (AvgIpc) is 2.98. The lowest BCUT2D eigenvalue weighted by Gasteiger charge is -2.17. The SMILES string of the molecule is CCOc1c(I)cc(/C=C2\SC(=O)N(CCOc3cc(C)ccc3C(C)C)C2=O)cc1I. The molecule has 1 aliphatic heterocycles. The van der Waals surface area contributed by atoms with E-state index in [-0.39, 0.29) is 24.3 Å². The summed E-state index contributed by atoms with van der Waals surface area (Å²) in [7, 11) is 0. The molecule has 0 saturated carbocycles. The second-order valence-corrected chi connectivity index (χ2v) is 10.9. The minimum Gasteiger partial charge on any atom is -0.492 e. The van der Waals surface area contributed by atoms with Crippen LogP contribution in [0.2, 0.25) is 0 Å². The number of aryl methyl sites for hydroxylation is 1. The van der Waals surface area contributed by atoms with Crippen LogP contribution in [-0.2, 0) is 4.79 Å². The lowest BCUT2D eigenvalue weighted by Crippen LogP contribution is -2.32. The van der Waals surface area contributed by atoms with Crippen molar-refractivity contribution in [2.45, 2.75) is 33.6 Å². The molecule has 1 fully saturated rings. The highest BCUT2D eigenvalue weighted by atomic mass is 127. The lowest BCUT2D eigenvalue weighted by atomic mass is 10.0. The first kappa shape index (κ1) is 25.4. The molecule has 1 aliphatic rings. The quantitative estimate of drug-likeness (QED) is 0.226. The molecule has 2 aromatic rings. The largest absolute Gasteiger partial charge is 0.492 e. The van der Waals surface area contributed by atoms with E-state index >= 15 is 0 Å². The van der Waals surface area contributed by atoms with Crippen molar-refractivity contribution in [1.82, 2.24) is 4.90 Å². The number of nitrogens with zero attached hydrogens (tertiary/aromatic N) is 1. The molecule has 0 bridgehead atoms. The fraction of sp³-hybridized carbons (Fsp3) is 0.333. The summed E-state index contributed by atoms with van der Waals surface area (Å²) in [4.78, 5) is 27.0. The van der Waals surface area contributed by atoms with Gasteiger partial charge in [-0.1, -0.05) is 26.0 Å². The predicted molar refractivity (Wildman–Crippen MR) is 146 cm³/mol. The van der Waals surface area contributed by atoms with Crippen LogP contribution in [0.15, 0.2) is 35.2 Å². The highest BCUT2D eigenvalue weighted by Crippen LogP contribution is 2.35. The third-order valence-electron chi connectivity index (χ3n) is 4.84. The van der Waals surface area contributed by atoms with E-state index in [1.165, 1.54) is 4.90 Å². The van der Waals surface area contributed by atoms with Crippen LogP contribution >= 0.6 is 56.9 Å². The maximum absolute atomic E-state index is 12.9. The van der Waals surface area contributed by atoms with Gasteiger partial charge in [0.05, 0.1) is 25.2 Å². The number of halogens is 2. The number of thioether (sulfide) groups is 1. The summed E-state index contributed by atoms with van der Waals surface area (Å²) in [5.41, 5.74) is 3.09. The minimum atomic E-state index is -0.282. The number of imide groups is 1. The number of carbonyl (C=O) groups excluding carboxylic acids is 2. The van der Waals surface area contributed by atoms with Gasteiger partial charge in [0.2, 0.25) is 0 Å². The first-order valence-corrected chi connectivity index (χ1v) is 13.3. The molecule has 5 nitrogen and oxygen atoms in total. The first-order chi connectivity index (χ1) is 15.2. The van der Waals surface area contributed by atoms with Gasteiger partial charge in [-0.05, 0) is 118 Å². The molecule has 170 valence electrons. The zero-order valence-corrected chi connectivity index (χ0v) is 23.5. The first-order valence-electron chi connectivity index (χ1n) is 10.3. The fourth-order valence-electron chi connectivity index (χ4n) is 3.28. The molecule has 8 heteroatoms. The molecule has 1 heterocycles. The Kier molecular flexibility index (Phi) is 8.90. The summed E-state index contributed by atoms with van der Waals surface area (Å²) in [6.07, 6.45) is 1.77. The molecule has 2 amide bonds. The molecule has 0 atom stereocenters. The number of carbonyl (C=O) groups is 2. The van der Waals surface area contributed by atoms with Crippen molar-refractivity contribution in [2.75, 3.05) is 19.8 Å². The normalized spacial score (nSPS) is 15.2. The Hall–Kier alpha value is -1.27. The van der Waals surface area contributed by atoms with Crippen molar-refractivity contribution in [2.24, 2.45) is 0 Å². The molecule has 3 rings (SSSR count). The summed E-state index contributed by atoms with van der Waals surface area (Å²) in [5.74, 6) is 1.69. The Balaban J connectivity index is 1.70. The lowest BCUT2D eigenvalue weighted by molar-refractivity contribution is -0.123. The van der Waals surface area contributed by atoms with Gasteiger partial charge in [-0.3, -0.25) is 14.5 Å². The average molecular weight is 677 g/mol. The van der Waals surface area contributed by atoms with Gasteiger partial charge < -0.3 is 9.47 Å². The number of rotatable bonds is 8. The van der Waals surface area contributed by atoms with Gasteiger partial charge in [-0.25, -0.2) is 0 Å². The molecule has 0 N–H and O–H groups in total. The molecule has 2 aromatic carbocycles. The number of amides is 2. The molecular formula is C24H25I2NO4S. The maximum atomic E-state index is 12.9. The van der Waals surface area contributed by atoms with Crippen LogP contribution in [0.3, 0.4) is 0 Å². The van der Waals surface area contributed by atoms with E-state index in [9.17, 15) is 9.59 Å². The predicted octanol–water partition coefficient (Wildman–Crippen LogP) is 6.84. The Bertz CT molecular complexity index is 1040. The number of benzene rings is 2. The van der Waals surface area contributed by atoms with Crippen LogP contribution in [0.25, 0.3) is 6.08 Å². The van der Waals surface area contributed by atoms with Crippen molar-refractivity contribution in [1.29, 1.82) is 0 Å². The molecule has 0 radical (unpaired) electrons. The van der Waals surface area contributed by atoms with E-state index in [0.29, 0.717) is 17.4 Å². The number of ether oxygens (including phenoxy) is 2. The van der Waals surface area contributed by atoms with Crippen LogP contribution in [0, 0.1) is 14.1 Å². The van der Waals surface area contributed by atoms with Gasteiger partial charge >= 0.3 is 0 Å². The zero-order chi connectivity index (χ0) is 23.4. The molecular weight excluding hydrogens is 652 g/mol. The van der Waals surface area contributed by atoms with E-state index in [0.717, 1.165) is 47.1 Å². The highest BCUT2D eigenvalue weighted by Gasteiger charge is 2.35. The second kappa shape index (κ2) is 11.2. The van der Waals surface area contributed by atoms with Gasteiger partial charge in [0, 0.05) is 0 Å². The van der Waals surface area contributed by atoms with Gasteiger partial charge in [0.25, 0.3) is 11.1 Å². The Labute approximate surface area is 220 Å². The molecule has 1 saturated heterocycles. The topological polar surface area (TPSA) is 55.8 Å². The zero-order valence-electron chi connectivity index (χ0n) is 18.4. The Morgan fingerprint density at radius 1 is 1.09 bits per heavy atom. The van der Waals surface area contributed by atoms with Crippen LogP contribution in [-0.4, -0.2) is 35.8 Å². The second-order valence-electron chi connectivity index (χ2n) is 7.62. The highest BCUT2D eigenvalue weighted by molar-refractivity contribution is 14.1. The van der Waals surface area contributed by atoms with Crippen LogP contribution in [0.4, 0.5) is 4.79 Å². The Morgan fingerprint density at radius 2 is 1.78 bits per heavy atom. The summed E-state index contributed by atoms with van der Waals surface area (Å²) in [6, 6.07) is 10.0.